The summed E-state index contributed by atoms with van der Waals surface area (Å²) in [6.45, 7) is 1.52. The smallest absolute Gasteiger partial charge is 0.341 e. The molecule has 6 heteroatoms. The minimum Gasteiger partial charge on any atom is -0.449 e. The van der Waals surface area contributed by atoms with E-state index in [2.05, 4.69) is 5.32 Å². The molecular formula is C19H19ClN2O3. The summed E-state index contributed by atoms with van der Waals surface area (Å²) in [6.07, 6.45) is 2.30. The monoisotopic (exact) mass is 358 g/mol. The Morgan fingerprint density at radius 3 is 2.68 bits per heavy atom. The van der Waals surface area contributed by atoms with Crippen LogP contribution in [0.25, 0.3) is 0 Å². The third-order valence-corrected chi connectivity index (χ3v) is 4.49. The number of carbonyl (C=O) groups excluding carboxylic acids is 2. The van der Waals surface area contributed by atoms with Crippen molar-refractivity contribution in [1.82, 2.24) is 0 Å². The molecular weight excluding hydrogens is 340 g/mol. The highest BCUT2D eigenvalue weighted by Crippen LogP contribution is 2.25. The number of nitrogen functional groups attached to an aromatic ring is 1. The first-order valence-corrected chi connectivity index (χ1v) is 8.50. The molecule has 130 valence electrons. The summed E-state index contributed by atoms with van der Waals surface area (Å²) in [4.78, 5) is 24.4. The molecule has 3 rings (SSSR count). The van der Waals surface area contributed by atoms with E-state index in [1.165, 1.54) is 30.2 Å². The van der Waals surface area contributed by atoms with Crippen LogP contribution in [-0.2, 0) is 22.4 Å². The van der Waals surface area contributed by atoms with Crippen molar-refractivity contribution in [1.29, 1.82) is 0 Å². The minimum absolute atomic E-state index is 0.182. The van der Waals surface area contributed by atoms with Crippen LogP contribution in [0.4, 0.5) is 11.4 Å². The molecule has 1 amide bonds. The van der Waals surface area contributed by atoms with Gasteiger partial charge in [0, 0.05) is 16.4 Å². The number of anilines is 2. The van der Waals surface area contributed by atoms with Gasteiger partial charge in [-0.15, -0.1) is 0 Å². The normalized spacial score (nSPS) is 13.8. The minimum atomic E-state index is -0.948. The zero-order chi connectivity index (χ0) is 18.0. The number of rotatable bonds is 4. The molecule has 3 N–H and O–H groups in total. The van der Waals surface area contributed by atoms with E-state index in [-0.39, 0.29) is 17.2 Å². The molecule has 0 fully saturated rings. The Bertz CT molecular complexity index is 835. The first-order valence-electron chi connectivity index (χ1n) is 8.12. The average Bonchev–Trinajstić information content (AvgIpc) is 3.02. The highest BCUT2D eigenvalue weighted by atomic mass is 35.5. The van der Waals surface area contributed by atoms with E-state index < -0.39 is 12.1 Å². The van der Waals surface area contributed by atoms with Crippen molar-refractivity contribution >= 4 is 34.9 Å². The molecule has 0 radical (unpaired) electrons. The molecule has 5 nitrogen and oxygen atoms in total. The van der Waals surface area contributed by atoms with E-state index in [4.69, 9.17) is 22.1 Å². The molecule has 0 heterocycles. The van der Waals surface area contributed by atoms with Crippen molar-refractivity contribution in [2.75, 3.05) is 11.1 Å². The van der Waals surface area contributed by atoms with Crippen LogP contribution in [0.2, 0.25) is 5.02 Å². The Balaban J connectivity index is 1.63. The second kappa shape index (κ2) is 7.15. The van der Waals surface area contributed by atoms with E-state index in [9.17, 15) is 9.59 Å². The predicted molar refractivity (Wildman–Crippen MR) is 97.8 cm³/mol. The maximum atomic E-state index is 12.3. The van der Waals surface area contributed by atoms with Gasteiger partial charge in [-0.05, 0) is 67.6 Å². The zero-order valence-electron chi connectivity index (χ0n) is 13.8. The van der Waals surface area contributed by atoms with Crippen LogP contribution in [0.15, 0.2) is 36.4 Å². The van der Waals surface area contributed by atoms with Crippen molar-refractivity contribution in [2.24, 2.45) is 0 Å². The third kappa shape index (κ3) is 3.94. The van der Waals surface area contributed by atoms with Crippen molar-refractivity contribution in [2.45, 2.75) is 32.3 Å². The van der Waals surface area contributed by atoms with E-state index in [1.807, 2.05) is 18.2 Å². The summed E-state index contributed by atoms with van der Waals surface area (Å²) in [6, 6.07) is 10.4. The number of benzene rings is 2. The zero-order valence-corrected chi connectivity index (χ0v) is 14.6. The van der Waals surface area contributed by atoms with Crippen LogP contribution >= 0.6 is 11.6 Å². The summed E-state index contributed by atoms with van der Waals surface area (Å²) in [7, 11) is 0. The lowest BCUT2D eigenvalue weighted by molar-refractivity contribution is -0.123. The van der Waals surface area contributed by atoms with Crippen LogP contribution in [0.3, 0.4) is 0 Å². The number of hydrogen-bond acceptors (Lipinski definition) is 4. The average molecular weight is 359 g/mol. The number of hydrogen-bond donors (Lipinski definition) is 2. The molecule has 0 aliphatic heterocycles. The van der Waals surface area contributed by atoms with Crippen LogP contribution in [-0.4, -0.2) is 18.0 Å². The number of esters is 1. The van der Waals surface area contributed by atoms with Crippen LogP contribution in [0.5, 0.6) is 0 Å². The summed E-state index contributed by atoms with van der Waals surface area (Å²) >= 11 is 5.81. The standard InChI is InChI=1S/C19H19ClN2O3/c1-11(25-19(24)16-8-6-14(20)10-17(16)21)18(23)22-15-7-5-12-3-2-4-13(12)9-15/h5-11H,2-4,21H2,1H3,(H,22,23)/t11-/m0/s1. The fourth-order valence-electron chi connectivity index (χ4n) is 2.89. The Morgan fingerprint density at radius 1 is 1.16 bits per heavy atom. The number of fused-ring (bicyclic) bond motifs is 1. The summed E-state index contributed by atoms with van der Waals surface area (Å²) < 4.78 is 5.21. The van der Waals surface area contributed by atoms with E-state index in [1.54, 1.807) is 6.07 Å². The van der Waals surface area contributed by atoms with Crippen molar-refractivity contribution in [3.63, 3.8) is 0 Å². The Kier molecular flexibility index (Phi) is 4.95. The number of aryl methyl sites for hydroxylation is 2. The van der Waals surface area contributed by atoms with Gasteiger partial charge in [0.1, 0.15) is 0 Å². The van der Waals surface area contributed by atoms with Crippen molar-refractivity contribution in [3.05, 3.63) is 58.1 Å². The molecule has 1 aliphatic carbocycles. The number of amides is 1. The second-order valence-electron chi connectivity index (χ2n) is 6.11. The molecule has 0 saturated heterocycles. The predicted octanol–water partition coefficient (Wildman–Crippen LogP) is 3.59. The van der Waals surface area contributed by atoms with E-state index in [0.29, 0.717) is 10.7 Å². The van der Waals surface area contributed by atoms with Crippen molar-refractivity contribution in [3.8, 4) is 0 Å². The molecule has 0 unspecified atom stereocenters. The third-order valence-electron chi connectivity index (χ3n) is 4.25. The number of ether oxygens (including phenoxy) is 1. The Hall–Kier alpha value is -2.53. The summed E-state index contributed by atoms with van der Waals surface area (Å²) in [5.74, 6) is -1.05. The van der Waals surface area contributed by atoms with Gasteiger partial charge in [-0.25, -0.2) is 4.79 Å². The largest absolute Gasteiger partial charge is 0.449 e. The first-order chi connectivity index (χ1) is 11.9. The van der Waals surface area contributed by atoms with Crippen LogP contribution in [0, 0.1) is 0 Å². The Morgan fingerprint density at radius 2 is 1.92 bits per heavy atom. The SMILES string of the molecule is C[C@H](OC(=O)c1ccc(Cl)cc1N)C(=O)Nc1ccc2c(c1)CCC2. The molecule has 2 aromatic carbocycles. The molecule has 2 aromatic rings. The highest BCUT2D eigenvalue weighted by molar-refractivity contribution is 6.31. The quantitative estimate of drug-likeness (QED) is 0.646. The molecule has 0 saturated carbocycles. The molecule has 25 heavy (non-hydrogen) atoms. The number of halogens is 1. The molecule has 1 atom stereocenters. The van der Waals surface area contributed by atoms with E-state index in [0.717, 1.165) is 19.3 Å². The van der Waals surface area contributed by atoms with Crippen molar-refractivity contribution < 1.29 is 14.3 Å². The summed E-state index contributed by atoms with van der Waals surface area (Å²) in [5.41, 5.74) is 9.46. The van der Waals surface area contributed by atoms with Gasteiger partial charge in [0.15, 0.2) is 6.10 Å². The number of nitrogens with two attached hydrogens (primary N) is 1. The second-order valence-corrected chi connectivity index (χ2v) is 6.54. The lowest BCUT2D eigenvalue weighted by atomic mass is 10.1. The number of carbonyl (C=O) groups is 2. The lowest BCUT2D eigenvalue weighted by Crippen LogP contribution is -2.30. The molecule has 0 aromatic heterocycles. The molecule has 1 aliphatic rings. The fourth-order valence-corrected chi connectivity index (χ4v) is 3.07. The topological polar surface area (TPSA) is 81.4 Å². The van der Waals surface area contributed by atoms with E-state index >= 15 is 0 Å². The van der Waals surface area contributed by atoms with Gasteiger partial charge in [-0.3, -0.25) is 4.79 Å². The lowest BCUT2D eigenvalue weighted by Gasteiger charge is -2.15. The fraction of sp³-hybridized carbons (Fsp3) is 0.263. The molecule has 0 bridgehead atoms. The molecule has 0 spiro atoms. The van der Waals surface area contributed by atoms with Gasteiger partial charge < -0.3 is 15.8 Å². The Labute approximate surface area is 151 Å². The maximum absolute atomic E-state index is 12.3. The number of nitrogens with one attached hydrogen (secondary N) is 1. The highest BCUT2D eigenvalue weighted by Gasteiger charge is 2.21. The summed E-state index contributed by atoms with van der Waals surface area (Å²) in [5, 5.41) is 3.21. The van der Waals surface area contributed by atoms with Crippen LogP contribution < -0.4 is 11.1 Å². The van der Waals surface area contributed by atoms with Crippen LogP contribution in [0.1, 0.15) is 34.8 Å². The first kappa shape index (κ1) is 17.3. The van der Waals surface area contributed by atoms with Gasteiger partial charge in [-0.1, -0.05) is 17.7 Å². The van der Waals surface area contributed by atoms with Gasteiger partial charge >= 0.3 is 5.97 Å². The maximum Gasteiger partial charge on any atom is 0.341 e. The van der Waals surface area contributed by atoms with Gasteiger partial charge in [0.2, 0.25) is 0 Å². The van der Waals surface area contributed by atoms with Gasteiger partial charge in [-0.2, -0.15) is 0 Å². The van der Waals surface area contributed by atoms with Gasteiger partial charge in [0.05, 0.1) is 5.56 Å². The van der Waals surface area contributed by atoms with Gasteiger partial charge in [0.25, 0.3) is 5.91 Å².